The van der Waals surface area contributed by atoms with Gasteiger partial charge in [0.05, 0.1) is 11.4 Å². The van der Waals surface area contributed by atoms with Gasteiger partial charge >= 0.3 is 0 Å². The first-order valence-electron chi connectivity index (χ1n) is 24.8. The molecule has 0 N–H and O–H groups in total. The van der Waals surface area contributed by atoms with E-state index in [1.807, 2.05) is 18.2 Å². The largest absolute Gasteiger partial charge is 0.487 e. The average molecular weight is 912 g/mol. The zero-order chi connectivity index (χ0) is 49.0. The number of fused-ring (bicyclic) bond motifs is 6. The van der Waals surface area contributed by atoms with Crippen LogP contribution in [-0.4, -0.2) is 12.3 Å². The Morgan fingerprint density at radius 1 is 0.643 bits per heavy atom. The SMILES string of the molecule is C#CC.C=C(N=C(COc1ccc(-c2cc3c4ccccc4c4ccccc4c3cc2C)cc1CC)C1C=CC(C2=CCC(C)C=C2)=CC1)c1ccccc1.Cc1ccccc1C1=CC(C)C=CC=C1. The van der Waals surface area contributed by atoms with Crippen LogP contribution in [0.2, 0.25) is 0 Å². The zero-order valence-corrected chi connectivity index (χ0v) is 41.8. The molecule has 348 valence electrons. The van der Waals surface area contributed by atoms with E-state index in [9.17, 15) is 0 Å². The van der Waals surface area contributed by atoms with Gasteiger partial charge < -0.3 is 4.74 Å². The Morgan fingerprint density at radius 3 is 1.89 bits per heavy atom. The molecule has 0 heterocycles. The summed E-state index contributed by atoms with van der Waals surface area (Å²) in [5.41, 5.74) is 14.3. The maximum absolute atomic E-state index is 6.68. The van der Waals surface area contributed by atoms with Crippen molar-refractivity contribution in [2.45, 2.75) is 60.8 Å². The van der Waals surface area contributed by atoms with Gasteiger partial charge in [0.15, 0.2) is 0 Å². The van der Waals surface area contributed by atoms with Crippen LogP contribution in [0.25, 0.3) is 54.7 Å². The summed E-state index contributed by atoms with van der Waals surface area (Å²) in [5, 5.41) is 7.77. The Kier molecular flexibility index (Phi) is 16.0. The number of terminal acetylenes is 1. The van der Waals surface area contributed by atoms with E-state index in [4.69, 9.17) is 9.73 Å². The Labute approximate surface area is 417 Å². The molecule has 0 spiro atoms. The number of benzene rings is 7. The minimum Gasteiger partial charge on any atom is -0.487 e. The lowest BCUT2D eigenvalue weighted by Gasteiger charge is -2.22. The van der Waals surface area contributed by atoms with E-state index in [0.29, 0.717) is 18.4 Å². The van der Waals surface area contributed by atoms with Gasteiger partial charge in [0.1, 0.15) is 12.4 Å². The number of ether oxygens (including phenoxy) is 1. The third-order valence-electron chi connectivity index (χ3n) is 13.5. The van der Waals surface area contributed by atoms with Crippen LogP contribution in [0.3, 0.4) is 0 Å². The second-order valence-corrected chi connectivity index (χ2v) is 18.6. The lowest BCUT2D eigenvalue weighted by atomic mass is 9.87. The fourth-order valence-corrected chi connectivity index (χ4v) is 9.67. The first-order chi connectivity index (χ1) is 34.1. The molecule has 3 atom stereocenters. The molecular formula is C68H65NO. The second-order valence-electron chi connectivity index (χ2n) is 18.6. The maximum Gasteiger partial charge on any atom is 0.127 e. The van der Waals surface area contributed by atoms with Gasteiger partial charge in [-0.25, -0.2) is 0 Å². The molecule has 10 rings (SSSR count). The van der Waals surface area contributed by atoms with Crippen molar-refractivity contribution in [3.63, 3.8) is 0 Å². The maximum atomic E-state index is 6.68. The van der Waals surface area contributed by atoms with E-state index in [-0.39, 0.29) is 5.92 Å². The number of allylic oxidation sites excluding steroid dienone is 14. The number of aliphatic imine (C=N–C) groups is 1. The Bertz CT molecular complexity index is 3340. The minimum absolute atomic E-state index is 0.131. The molecule has 0 radical (unpaired) electrons. The molecule has 0 saturated carbocycles. The monoisotopic (exact) mass is 912 g/mol. The average Bonchev–Trinajstić information content (AvgIpc) is 3.62. The minimum atomic E-state index is 0.131. The summed E-state index contributed by atoms with van der Waals surface area (Å²) in [5.74, 6) is 4.40. The number of rotatable bonds is 10. The van der Waals surface area contributed by atoms with Crippen LogP contribution in [0.5, 0.6) is 5.75 Å². The first-order valence-corrected chi connectivity index (χ1v) is 24.8. The van der Waals surface area contributed by atoms with Gasteiger partial charge in [0.2, 0.25) is 0 Å². The highest BCUT2D eigenvalue weighted by molar-refractivity contribution is 6.26. The van der Waals surface area contributed by atoms with E-state index < -0.39 is 0 Å². The lowest BCUT2D eigenvalue weighted by molar-refractivity contribution is 0.367. The summed E-state index contributed by atoms with van der Waals surface area (Å²) in [6.07, 6.45) is 32.2. The Hall–Kier alpha value is -7.73. The van der Waals surface area contributed by atoms with Crippen LogP contribution in [0, 0.1) is 43.9 Å². The molecule has 2 heteroatoms. The normalized spacial score (nSPS) is 17.3. The third-order valence-corrected chi connectivity index (χ3v) is 13.5. The third kappa shape index (κ3) is 11.4. The second kappa shape index (κ2) is 23.0. The van der Waals surface area contributed by atoms with E-state index >= 15 is 0 Å². The van der Waals surface area contributed by atoms with E-state index in [0.717, 1.165) is 42.0 Å². The summed E-state index contributed by atoms with van der Waals surface area (Å²) in [7, 11) is 0. The van der Waals surface area contributed by atoms with Crippen molar-refractivity contribution in [1.29, 1.82) is 0 Å². The molecule has 0 aliphatic heterocycles. The Morgan fingerprint density at radius 2 is 1.26 bits per heavy atom. The van der Waals surface area contributed by atoms with Gasteiger partial charge in [0.25, 0.3) is 0 Å². The van der Waals surface area contributed by atoms with Gasteiger partial charge in [-0.2, -0.15) is 0 Å². The molecule has 2 nitrogen and oxygen atoms in total. The molecule has 0 saturated heterocycles. The van der Waals surface area contributed by atoms with E-state index in [1.54, 1.807) is 6.92 Å². The highest BCUT2D eigenvalue weighted by atomic mass is 16.5. The molecule has 3 unspecified atom stereocenters. The topological polar surface area (TPSA) is 21.6 Å². The lowest BCUT2D eigenvalue weighted by Crippen LogP contribution is -2.22. The predicted molar refractivity (Wildman–Crippen MR) is 304 cm³/mol. The van der Waals surface area contributed by atoms with Gasteiger partial charge in [-0.15, -0.1) is 12.3 Å². The van der Waals surface area contributed by atoms with Gasteiger partial charge in [-0.3, -0.25) is 4.99 Å². The van der Waals surface area contributed by atoms with Gasteiger partial charge in [-0.05, 0) is 158 Å². The summed E-state index contributed by atoms with van der Waals surface area (Å²) >= 11 is 0. The quantitative estimate of drug-likeness (QED) is 0.0761. The molecule has 0 aromatic heterocycles. The molecule has 7 aromatic rings. The molecule has 3 aliphatic carbocycles. The predicted octanol–water partition coefficient (Wildman–Crippen LogP) is 18.0. The molecule has 70 heavy (non-hydrogen) atoms. The molecule has 0 fully saturated rings. The smallest absolute Gasteiger partial charge is 0.127 e. The zero-order valence-electron chi connectivity index (χ0n) is 41.8. The highest BCUT2D eigenvalue weighted by Gasteiger charge is 2.20. The summed E-state index contributed by atoms with van der Waals surface area (Å²) < 4.78 is 6.68. The van der Waals surface area contributed by atoms with E-state index in [2.05, 4.69) is 236 Å². The standard InChI is InChI=1S/C50H45NO.C15H16.C3H4/c1-5-36-30-41(46-31-48-45-18-12-10-16-43(45)42-15-9-11-17-44(42)47(48)29-34(46)3)27-28-50(36)52-32-49(51-35(4)37-13-7-6-8-14-37)40-25-23-39(24-26-40)38-21-19-33(2)20-22-38;1-12-7-3-5-9-14(11-12)15-10-6-4-8-13(15)2;1-3-2/h6-19,21-25,27-31,33,40H,4-5,20,26,32H2,1-3H3;3-12H,1-2H3;1H,2H3. The molecule has 0 bridgehead atoms. The summed E-state index contributed by atoms with van der Waals surface area (Å²) in [6, 6.07) is 47.8. The van der Waals surface area contributed by atoms with Crippen LogP contribution < -0.4 is 4.74 Å². The van der Waals surface area contributed by atoms with Crippen molar-refractivity contribution in [2.75, 3.05) is 6.61 Å². The van der Waals surface area contributed by atoms with Crippen molar-refractivity contribution >= 4 is 49.3 Å². The van der Waals surface area contributed by atoms with Crippen LogP contribution in [0.4, 0.5) is 0 Å². The summed E-state index contributed by atoms with van der Waals surface area (Å²) in [4.78, 5) is 5.13. The molecule has 7 aromatic carbocycles. The van der Waals surface area contributed by atoms with Gasteiger partial charge in [-0.1, -0.05) is 209 Å². The number of hydrogen-bond acceptors (Lipinski definition) is 2. The van der Waals surface area contributed by atoms with Crippen molar-refractivity contribution in [3.05, 3.63) is 246 Å². The first kappa shape index (κ1) is 48.7. The van der Waals surface area contributed by atoms with E-state index in [1.165, 1.54) is 82.4 Å². The van der Waals surface area contributed by atoms with Crippen molar-refractivity contribution in [3.8, 4) is 29.2 Å². The molecular weight excluding hydrogens is 847 g/mol. The fraction of sp³-hybridized carbons (Fsp3) is 0.191. The van der Waals surface area contributed by atoms with Crippen molar-refractivity contribution in [2.24, 2.45) is 22.7 Å². The number of hydrogen-bond donors (Lipinski definition) is 0. The van der Waals surface area contributed by atoms with Crippen LogP contribution in [0.1, 0.15) is 68.4 Å². The molecule has 0 amide bonds. The van der Waals surface area contributed by atoms with Crippen LogP contribution in [0.15, 0.2) is 223 Å². The number of aryl methyl sites for hydroxylation is 3. The fourth-order valence-electron chi connectivity index (χ4n) is 9.67. The van der Waals surface area contributed by atoms with Crippen LogP contribution in [-0.2, 0) is 6.42 Å². The molecule has 3 aliphatic rings. The van der Waals surface area contributed by atoms with Crippen molar-refractivity contribution in [1.82, 2.24) is 0 Å². The van der Waals surface area contributed by atoms with Gasteiger partial charge in [0, 0.05) is 5.92 Å². The van der Waals surface area contributed by atoms with Crippen molar-refractivity contribution < 1.29 is 4.74 Å². The Balaban J connectivity index is 0.000000308. The highest BCUT2D eigenvalue weighted by Crippen LogP contribution is 2.40. The summed E-state index contributed by atoms with van der Waals surface area (Å²) in [6.45, 7) is 17.5. The van der Waals surface area contributed by atoms with Crippen LogP contribution >= 0.6 is 0 Å². The number of nitrogens with zero attached hydrogens (tertiary/aromatic N) is 1.